The highest BCUT2D eigenvalue weighted by molar-refractivity contribution is 5.97. The van der Waals surface area contributed by atoms with Gasteiger partial charge >= 0.3 is 0 Å². The van der Waals surface area contributed by atoms with Gasteiger partial charge < -0.3 is 4.74 Å². The summed E-state index contributed by atoms with van der Waals surface area (Å²) in [6.07, 6.45) is 0. The maximum absolute atomic E-state index is 13.1. The summed E-state index contributed by atoms with van der Waals surface area (Å²) in [4.78, 5) is 11.9. The molecule has 2 rings (SSSR count). The average molecular weight is 276 g/mol. The predicted octanol–water partition coefficient (Wildman–Crippen LogP) is 3.84. The van der Waals surface area contributed by atoms with Crippen molar-refractivity contribution in [2.24, 2.45) is 0 Å². The van der Waals surface area contributed by atoms with Crippen LogP contribution in [0.4, 0.5) is 8.78 Å². The Kier molecular flexibility index (Phi) is 4.13. The Morgan fingerprint density at radius 1 is 1.05 bits per heavy atom. The van der Waals surface area contributed by atoms with Crippen molar-refractivity contribution in [1.29, 1.82) is 0 Å². The van der Waals surface area contributed by atoms with E-state index >= 15 is 0 Å². The molecule has 0 spiro atoms. The molecular weight excluding hydrogens is 262 g/mol. The van der Waals surface area contributed by atoms with Crippen LogP contribution in [-0.2, 0) is 0 Å². The Morgan fingerprint density at radius 3 is 2.30 bits per heavy atom. The number of Topliss-reactive ketones (excluding diaryl/α,β-unsaturated/α-hetero) is 1. The predicted molar refractivity (Wildman–Crippen MR) is 72.1 cm³/mol. The van der Waals surface area contributed by atoms with E-state index in [0.717, 1.165) is 23.3 Å². The van der Waals surface area contributed by atoms with Crippen molar-refractivity contribution in [2.75, 3.05) is 6.61 Å². The minimum Gasteiger partial charge on any atom is -0.485 e. The zero-order chi connectivity index (χ0) is 14.7. The third-order valence-electron chi connectivity index (χ3n) is 3.00. The monoisotopic (exact) mass is 276 g/mol. The third-order valence-corrected chi connectivity index (χ3v) is 3.00. The maximum Gasteiger partial charge on any atom is 0.200 e. The molecule has 20 heavy (non-hydrogen) atoms. The molecule has 2 aromatic rings. The first-order chi connectivity index (χ1) is 9.49. The smallest absolute Gasteiger partial charge is 0.200 e. The Balaban J connectivity index is 2.11. The van der Waals surface area contributed by atoms with Crippen molar-refractivity contribution in [3.05, 3.63) is 64.7 Å². The van der Waals surface area contributed by atoms with Crippen LogP contribution in [0.15, 0.2) is 36.4 Å². The minimum atomic E-state index is -1.04. The number of rotatable bonds is 4. The SMILES string of the molecule is Cc1cccc(C)c1OCC(=O)c1ccc(F)c(F)c1. The zero-order valence-corrected chi connectivity index (χ0v) is 11.2. The van der Waals surface area contributed by atoms with Gasteiger partial charge in [-0.25, -0.2) is 8.78 Å². The van der Waals surface area contributed by atoms with E-state index in [9.17, 15) is 13.6 Å². The lowest BCUT2D eigenvalue weighted by atomic mass is 10.1. The third kappa shape index (κ3) is 3.02. The molecule has 0 heterocycles. The van der Waals surface area contributed by atoms with E-state index in [1.807, 2.05) is 32.0 Å². The normalized spacial score (nSPS) is 10.4. The fourth-order valence-electron chi connectivity index (χ4n) is 1.92. The topological polar surface area (TPSA) is 26.3 Å². The number of halogens is 2. The molecule has 0 amide bonds. The number of hydrogen-bond acceptors (Lipinski definition) is 2. The van der Waals surface area contributed by atoms with Crippen molar-refractivity contribution in [2.45, 2.75) is 13.8 Å². The molecule has 2 nitrogen and oxygen atoms in total. The molecule has 0 atom stereocenters. The summed E-state index contributed by atoms with van der Waals surface area (Å²) in [5.41, 5.74) is 1.93. The molecule has 4 heteroatoms. The van der Waals surface area contributed by atoms with Gasteiger partial charge in [-0.3, -0.25) is 4.79 Å². The van der Waals surface area contributed by atoms with Gasteiger partial charge in [0.25, 0.3) is 0 Å². The fraction of sp³-hybridized carbons (Fsp3) is 0.188. The van der Waals surface area contributed by atoms with Crippen LogP contribution in [0.1, 0.15) is 21.5 Å². The fourth-order valence-corrected chi connectivity index (χ4v) is 1.92. The first-order valence-corrected chi connectivity index (χ1v) is 6.16. The summed E-state index contributed by atoms with van der Waals surface area (Å²) < 4.78 is 31.4. The highest BCUT2D eigenvalue weighted by Gasteiger charge is 2.12. The number of benzene rings is 2. The van der Waals surface area contributed by atoms with Crippen molar-refractivity contribution in [3.8, 4) is 5.75 Å². The van der Waals surface area contributed by atoms with Crippen LogP contribution in [0.25, 0.3) is 0 Å². The molecule has 0 aromatic heterocycles. The molecule has 0 fully saturated rings. The summed E-state index contributed by atoms with van der Waals surface area (Å²) in [5.74, 6) is -1.77. The maximum atomic E-state index is 13.1. The molecule has 0 aliphatic heterocycles. The zero-order valence-electron chi connectivity index (χ0n) is 11.2. The van der Waals surface area contributed by atoms with Crippen LogP contribution >= 0.6 is 0 Å². The highest BCUT2D eigenvalue weighted by atomic mass is 19.2. The second kappa shape index (κ2) is 5.82. The Bertz CT molecular complexity index is 631. The molecular formula is C16H14F2O2. The highest BCUT2D eigenvalue weighted by Crippen LogP contribution is 2.22. The van der Waals surface area contributed by atoms with E-state index in [-0.39, 0.29) is 12.2 Å². The molecule has 0 saturated carbocycles. The van der Waals surface area contributed by atoms with E-state index in [1.54, 1.807) is 0 Å². The van der Waals surface area contributed by atoms with Crippen LogP contribution in [-0.4, -0.2) is 12.4 Å². The lowest BCUT2D eigenvalue weighted by Crippen LogP contribution is -2.13. The summed E-state index contributed by atoms with van der Waals surface area (Å²) >= 11 is 0. The molecule has 0 aliphatic carbocycles. The van der Waals surface area contributed by atoms with E-state index in [0.29, 0.717) is 5.75 Å². The Morgan fingerprint density at radius 2 is 1.70 bits per heavy atom. The minimum absolute atomic E-state index is 0.0927. The molecule has 0 aliphatic rings. The standard InChI is InChI=1S/C16H14F2O2/c1-10-4-3-5-11(2)16(10)20-9-15(19)12-6-7-13(17)14(18)8-12/h3-8H,9H2,1-2H3. The van der Waals surface area contributed by atoms with Gasteiger partial charge in [-0.15, -0.1) is 0 Å². The Labute approximate surface area is 116 Å². The van der Waals surface area contributed by atoms with E-state index in [2.05, 4.69) is 0 Å². The first kappa shape index (κ1) is 14.2. The summed E-state index contributed by atoms with van der Waals surface area (Å²) in [6, 6.07) is 8.71. The molecule has 2 aromatic carbocycles. The second-order valence-electron chi connectivity index (χ2n) is 4.56. The summed E-state index contributed by atoms with van der Waals surface area (Å²) in [7, 11) is 0. The number of ether oxygens (including phenoxy) is 1. The van der Waals surface area contributed by atoms with E-state index in [1.165, 1.54) is 6.07 Å². The molecule has 0 unspecified atom stereocenters. The largest absolute Gasteiger partial charge is 0.485 e. The molecule has 0 bridgehead atoms. The summed E-state index contributed by atoms with van der Waals surface area (Å²) in [6.45, 7) is 3.55. The van der Waals surface area contributed by atoms with Crippen molar-refractivity contribution in [3.63, 3.8) is 0 Å². The van der Waals surface area contributed by atoms with Crippen molar-refractivity contribution >= 4 is 5.78 Å². The number of para-hydroxylation sites is 1. The summed E-state index contributed by atoms with van der Waals surface area (Å²) in [5, 5.41) is 0. The number of ketones is 1. The molecule has 0 N–H and O–H groups in total. The van der Waals surface area contributed by atoms with Crippen LogP contribution in [0.2, 0.25) is 0 Å². The van der Waals surface area contributed by atoms with Gasteiger partial charge in [0.05, 0.1) is 0 Å². The second-order valence-corrected chi connectivity index (χ2v) is 4.56. The molecule has 104 valence electrons. The lowest BCUT2D eigenvalue weighted by Gasteiger charge is -2.11. The van der Waals surface area contributed by atoms with Gasteiger partial charge in [0.15, 0.2) is 24.0 Å². The van der Waals surface area contributed by atoms with Crippen molar-refractivity contribution < 1.29 is 18.3 Å². The van der Waals surface area contributed by atoms with E-state index < -0.39 is 17.4 Å². The number of aryl methyl sites for hydroxylation is 2. The molecule has 0 saturated heterocycles. The number of hydrogen-bond donors (Lipinski definition) is 0. The van der Waals surface area contributed by atoms with Crippen LogP contribution in [0.3, 0.4) is 0 Å². The first-order valence-electron chi connectivity index (χ1n) is 6.16. The van der Waals surface area contributed by atoms with Gasteiger partial charge in [0.2, 0.25) is 0 Å². The molecule has 0 radical (unpaired) electrons. The van der Waals surface area contributed by atoms with Gasteiger partial charge in [-0.2, -0.15) is 0 Å². The lowest BCUT2D eigenvalue weighted by molar-refractivity contribution is 0.0920. The van der Waals surface area contributed by atoms with Crippen LogP contribution in [0, 0.1) is 25.5 Å². The van der Waals surface area contributed by atoms with Gasteiger partial charge in [0.1, 0.15) is 5.75 Å². The average Bonchev–Trinajstić information content (AvgIpc) is 2.41. The van der Waals surface area contributed by atoms with Crippen molar-refractivity contribution in [1.82, 2.24) is 0 Å². The van der Waals surface area contributed by atoms with Crippen LogP contribution in [0.5, 0.6) is 5.75 Å². The van der Waals surface area contributed by atoms with Gasteiger partial charge in [0, 0.05) is 5.56 Å². The van der Waals surface area contributed by atoms with Crippen LogP contribution < -0.4 is 4.74 Å². The number of carbonyl (C=O) groups is 1. The Hall–Kier alpha value is -2.23. The van der Waals surface area contributed by atoms with Gasteiger partial charge in [-0.1, -0.05) is 18.2 Å². The quantitative estimate of drug-likeness (QED) is 0.793. The van der Waals surface area contributed by atoms with E-state index in [4.69, 9.17) is 4.74 Å². The number of carbonyl (C=O) groups excluding carboxylic acids is 1. The van der Waals surface area contributed by atoms with Gasteiger partial charge in [-0.05, 0) is 43.2 Å².